The van der Waals surface area contributed by atoms with E-state index in [9.17, 15) is 14.0 Å². The molecule has 1 aliphatic heterocycles. The summed E-state index contributed by atoms with van der Waals surface area (Å²) in [5, 5.41) is 0. The molecule has 0 atom stereocenters. The number of likely N-dealkylation sites (N-methyl/N-ethyl adjacent to an activating group) is 1. The van der Waals surface area contributed by atoms with E-state index in [1.807, 2.05) is 0 Å². The maximum atomic E-state index is 13.2. The second kappa shape index (κ2) is 6.03. The number of hydrogen-bond donors (Lipinski definition) is 0. The van der Waals surface area contributed by atoms with Crippen LogP contribution in [0.3, 0.4) is 0 Å². The minimum atomic E-state index is -0.336. The van der Waals surface area contributed by atoms with Gasteiger partial charge in [-0.3, -0.25) is 9.59 Å². The molecule has 5 heteroatoms. The highest BCUT2D eigenvalue weighted by molar-refractivity contribution is 5.96. The molecule has 4 nitrogen and oxygen atoms in total. The molecular weight excluding hydrogens is 259 g/mol. The van der Waals surface area contributed by atoms with Gasteiger partial charge < -0.3 is 9.80 Å². The van der Waals surface area contributed by atoms with Gasteiger partial charge in [0, 0.05) is 25.7 Å². The average molecular weight is 278 g/mol. The summed E-state index contributed by atoms with van der Waals surface area (Å²) in [7, 11) is 1.59. The zero-order chi connectivity index (χ0) is 14.7. The van der Waals surface area contributed by atoms with Gasteiger partial charge in [-0.05, 0) is 43.5 Å². The molecule has 20 heavy (non-hydrogen) atoms. The van der Waals surface area contributed by atoms with E-state index >= 15 is 0 Å². The summed E-state index contributed by atoms with van der Waals surface area (Å²) in [5.74, 6) is -0.629. The lowest BCUT2D eigenvalue weighted by Crippen LogP contribution is -2.39. The predicted molar refractivity (Wildman–Crippen MR) is 73.9 cm³/mol. The lowest BCUT2D eigenvalue weighted by molar-refractivity contribution is -0.130. The van der Waals surface area contributed by atoms with Crippen LogP contribution in [-0.2, 0) is 4.79 Å². The summed E-state index contributed by atoms with van der Waals surface area (Å²) in [5.41, 5.74) is 0.829. The first-order valence-corrected chi connectivity index (χ1v) is 6.78. The third-order valence-corrected chi connectivity index (χ3v) is 3.58. The van der Waals surface area contributed by atoms with Crippen molar-refractivity contribution in [3.8, 4) is 0 Å². The van der Waals surface area contributed by atoms with Gasteiger partial charge in [0.25, 0.3) is 5.91 Å². The first-order valence-electron chi connectivity index (χ1n) is 6.78. The molecule has 0 unspecified atom stereocenters. The molecule has 1 saturated heterocycles. The quantitative estimate of drug-likeness (QED) is 0.846. The van der Waals surface area contributed by atoms with Crippen LogP contribution in [-0.4, -0.2) is 48.3 Å². The second-order valence-corrected chi connectivity index (χ2v) is 5.21. The van der Waals surface area contributed by atoms with Crippen molar-refractivity contribution in [1.82, 2.24) is 9.80 Å². The molecule has 1 aromatic carbocycles. The number of rotatable bonds is 3. The van der Waals surface area contributed by atoms with Crippen molar-refractivity contribution >= 4 is 11.8 Å². The maximum Gasteiger partial charge on any atom is 0.254 e. The lowest BCUT2D eigenvalue weighted by atomic mass is 10.1. The van der Waals surface area contributed by atoms with Crippen LogP contribution in [0.2, 0.25) is 0 Å². The average Bonchev–Trinajstić information content (AvgIpc) is 2.95. The van der Waals surface area contributed by atoms with Gasteiger partial charge in [-0.15, -0.1) is 0 Å². The van der Waals surface area contributed by atoms with Crippen LogP contribution < -0.4 is 0 Å². The number of halogens is 1. The number of likely N-dealkylation sites (tertiary alicyclic amines) is 1. The Bertz CT molecular complexity index is 525. The largest absolute Gasteiger partial charge is 0.341 e. The number of amides is 2. The third kappa shape index (κ3) is 3.15. The van der Waals surface area contributed by atoms with Gasteiger partial charge >= 0.3 is 0 Å². The minimum Gasteiger partial charge on any atom is -0.341 e. The number of benzene rings is 1. The van der Waals surface area contributed by atoms with Crippen LogP contribution >= 0.6 is 0 Å². The standard InChI is InChI=1S/C15H19FN2O2/c1-11-9-12(5-6-13(11)16)15(20)17(2)10-14(19)18-7-3-4-8-18/h5-6,9H,3-4,7-8,10H2,1-2H3. The fourth-order valence-electron chi connectivity index (χ4n) is 2.34. The first-order chi connectivity index (χ1) is 9.49. The fourth-order valence-corrected chi connectivity index (χ4v) is 2.34. The van der Waals surface area contributed by atoms with Gasteiger partial charge in [-0.25, -0.2) is 4.39 Å². The lowest BCUT2D eigenvalue weighted by Gasteiger charge is -2.21. The number of carbonyl (C=O) groups is 2. The third-order valence-electron chi connectivity index (χ3n) is 3.58. The van der Waals surface area contributed by atoms with Crippen LogP contribution in [0.5, 0.6) is 0 Å². The monoisotopic (exact) mass is 278 g/mol. The van der Waals surface area contributed by atoms with Crippen molar-refractivity contribution in [1.29, 1.82) is 0 Å². The molecule has 0 aliphatic carbocycles. The molecule has 0 radical (unpaired) electrons. The van der Waals surface area contributed by atoms with Gasteiger partial charge in [-0.1, -0.05) is 0 Å². The van der Waals surface area contributed by atoms with Crippen LogP contribution in [0.1, 0.15) is 28.8 Å². The van der Waals surface area contributed by atoms with Gasteiger partial charge in [0.15, 0.2) is 0 Å². The molecule has 1 heterocycles. The summed E-state index contributed by atoms with van der Waals surface area (Å²) < 4.78 is 13.2. The van der Waals surface area contributed by atoms with Crippen molar-refractivity contribution in [3.05, 3.63) is 35.1 Å². The minimum absolute atomic E-state index is 0.0304. The van der Waals surface area contributed by atoms with Gasteiger partial charge in [0.2, 0.25) is 5.91 Å². The second-order valence-electron chi connectivity index (χ2n) is 5.21. The van der Waals surface area contributed by atoms with Crippen molar-refractivity contribution < 1.29 is 14.0 Å². The van der Waals surface area contributed by atoms with Gasteiger partial charge in [-0.2, -0.15) is 0 Å². The summed E-state index contributed by atoms with van der Waals surface area (Å²) in [6.45, 7) is 3.23. The number of hydrogen-bond acceptors (Lipinski definition) is 2. The Labute approximate surface area is 118 Å². The Balaban J connectivity index is 2.00. The molecule has 108 valence electrons. The molecule has 1 aliphatic rings. The van der Waals surface area contributed by atoms with E-state index in [2.05, 4.69) is 0 Å². The van der Waals surface area contributed by atoms with E-state index in [0.717, 1.165) is 25.9 Å². The smallest absolute Gasteiger partial charge is 0.254 e. The van der Waals surface area contributed by atoms with Crippen LogP contribution in [0.25, 0.3) is 0 Å². The summed E-state index contributed by atoms with van der Waals surface area (Å²) in [6.07, 6.45) is 2.06. The maximum absolute atomic E-state index is 13.2. The van der Waals surface area contributed by atoms with Crippen molar-refractivity contribution in [2.75, 3.05) is 26.7 Å². The number of carbonyl (C=O) groups excluding carboxylic acids is 2. The molecule has 0 bridgehead atoms. The number of aryl methyl sites for hydroxylation is 1. The van der Waals surface area contributed by atoms with E-state index in [0.29, 0.717) is 11.1 Å². The molecule has 0 aromatic heterocycles. The van der Waals surface area contributed by atoms with E-state index in [1.165, 1.54) is 23.1 Å². The Morgan fingerprint density at radius 2 is 1.95 bits per heavy atom. The summed E-state index contributed by atoms with van der Waals surface area (Å²) in [6, 6.07) is 4.23. The van der Waals surface area contributed by atoms with E-state index < -0.39 is 0 Å². The van der Waals surface area contributed by atoms with E-state index in [-0.39, 0.29) is 24.2 Å². The first kappa shape index (κ1) is 14.5. The van der Waals surface area contributed by atoms with E-state index in [4.69, 9.17) is 0 Å². The molecule has 2 rings (SSSR count). The highest BCUT2D eigenvalue weighted by Crippen LogP contribution is 2.12. The summed E-state index contributed by atoms with van der Waals surface area (Å²) >= 11 is 0. The molecule has 0 N–H and O–H groups in total. The number of nitrogens with zero attached hydrogens (tertiary/aromatic N) is 2. The van der Waals surface area contributed by atoms with Crippen molar-refractivity contribution in [3.63, 3.8) is 0 Å². The summed E-state index contributed by atoms with van der Waals surface area (Å²) in [4.78, 5) is 27.3. The molecule has 0 saturated carbocycles. The topological polar surface area (TPSA) is 40.6 Å². The zero-order valence-corrected chi connectivity index (χ0v) is 11.9. The van der Waals surface area contributed by atoms with Crippen LogP contribution in [0.15, 0.2) is 18.2 Å². The Kier molecular flexibility index (Phi) is 4.37. The zero-order valence-electron chi connectivity index (χ0n) is 11.9. The van der Waals surface area contributed by atoms with Crippen LogP contribution in [0.4, 0.5) is 4.39 Å². The van der Waals surface area contributed by atoms with Crippen molar-refractivity contribution in [2.24, 2.45) is 0 Å². The predicted octanol–water partition coefficient (Wildman–Crippen LogP) is 1.83. The molecule has 1 fully saturated rings. The highest BCUT2D eigenvalue weighted by atomic mass is 19.1. The Morgan fingerprint density at radius 1 is 1.30 bits per heavy atom. The molecule has 2 amide bonds. The molecule has 1 aromatic rings. The van der Waals surface area contributed by atoms with E-state index in [1.54, 1.807) is 18.9 Å². The molecule has 0 spiro atoms. The fraction of sp³-hybridized carbons (Fsp3) is 0.467. The highest BCUT2D eigenvalue weighted by Gasteiger charge is 2.21. The molecular formula is C15H19FN2O2. The van der Waals surface area contributed by atoms with Gasteiger partial charge in [0.05, 0.1) is 6.54 Å². The Morgan fingerprint density at radius 3 is 2.55 bits per heavy atom. The van der Waals surface area contributed by atoms with Gasteiger partial charge in [0.1, 0.15) is 5.82 Å². The normalized spacial score (nSPS) is 14.4. The van der Waals surface area contributed by atoms with Crippen LogP contribution in [0, 0.1) is 12.7 Å². The van der Waals surface area contributed by atoms with Crippen molar-refractivity contribution in [2.45, 2.75) is 19.8 Å². The SMILES string of the molecule is Cc1cc(C(=O)N(C)CC(=O)N2CCCC2)ccc1F. The Hall–Kier alpha value is -1.91.